The molecule has 4 nitrogen and oxygen atoms in total. The van der Waals surface area contributed by atoms with Crippen molar-refractivity contribution >= 4 is 34.2 Å². The van der Waals surface area contributed by atoms with Gasteiger partial charge in [0.25, 0.3) is 0 Å². The number of unbranched alkanes of at least 4 members (excludes halogenated alkanes) is 12. The lowest BCUT2D eigenvalue weighted by atomic mass is 10.1. The Morgan fingerprint density at radius 1 is 0.788 bits per heavy atom. The molecule has 0 unspecified atom stereocenters. The number of hydrogen-bond acceptors (Lipinski definition) is 3. The van der Waals surface area contributed by atoms with Crippen LogP contribution in [0.3, 0.4) is 0 Å². The summed E-state index contributed by atoms with van der Waals surface area (Å²) in [5.41, 5.74) is 1.99. The molecule has 0 radical (unpaired) electrons. The third-order valence-electron chi connectivity index (χ3n) is 6.22. The van der Waals surface area contributed by atoms with Crippen LogP contribution in [-0.4, -0.2) is 15.8 Å². The number of benzene rings is 1. The molecule has 0 aliphatic carbocycles. The van der Waals surface area contributed by atoms with Gasteiger partial charge in [0, 0.05) is 18.2 Å². The summed E-state index contributed by atoms with van der Waals surface area (Å²) in [6.45, 7) is 6.49. The van der Waals surface area contributed by atoms with E-state index in [0.717, 1.165) is 42.1 Å². The molecule has 2 rings (SSSR count). The predicted molar refractivity (Wildman–Crippen MR) is 141 cm³/mol. The summed E-state index contributed by atoms with van der Waals surface area (Å²) < 4.78 is 2.43. The van der Waals surface area contributed by atoms with Crippen LogP contribution in [0.5, 0.6) is 0 Å². The van der Waals surface area contributed by atoms with Crippen LogP contribution in [0.15, 0.2) is 23.2 Å². The summed E-state index contributed by atoms with van der Waals surface area (Å²) in [7, 11) is 0. The van der Waals surface area contributed by atoms with Crippen molar-refractivity contribution in [2.45, 2.75) is 124 Å². The van der Waals surface area contributed by atoms with Crippen molar-refractivity contribution in [2.24, 2.45) is 4.99 Å². The highest BCUT2D eigenvalue weighted by atomic mass is 32.1. The van der Waals surface area contributed by atoms with Crippen LogP contribution >= 0.6 is 11.5 Å². The minimum atomic E-state index is -0.0695. The van der Waals surface area contributed by atoms with E-state index >= 15 is 0 Å². The monoisotopic (exact) mass is 472 g/mol. The molecule has 1 heterocycles. The molecule has 0 saturated heterocycles. The average Bonchev–Trinajstić information content (AvgIpc) is 3.15. The highest BCUT2D eigenvalue weighted by molar-refractivity contribution is 7.06. The van der Waals surface area contributed by atoms with Gasteiger partial charge in [0.2, 0.25) is 11.8 Å². The number of hydrogen-bond donors (Lipinski definition) is 0. The fraction of sp³-hybridized carbons (Fsp3) is 0.679. The molecular formula is C28H44N2O2S. The van der Waals surface area contributed by atoms with Crippen molar-refractivity contribution in [3.8, 4) is 0 Å². The molecule has 0 atom stereocenters. The van der Waals surface area contributed by atoms with E-state index in [9.17, 15) is 9.59 Å². The first-order valence-electron chi connectivity index (χ1n) is 13.3. The SMILES string of the molecule is CCCCCCCCCC(=O)N=c1sn(C(=O)CCCCCCCCC)c2ccc(C)cc12. The first kappa shape index (κ1) is 27.5. The van der Waals surface area contributed by atoms with Gasteiger partial charge in [-0.2, -0.15) is 0 Å². The zero-order valence-electron chi connectivity index (χ0n) is 21.2. The molecular weight excluding hydrogens is 428 g/mol. The Morgan fingerprint density at radius 3 is 1.94 bits per heavy atom. The molecule has 2 aromatic rings. The second-order valence-corrected chi connectivity index (χ2v) is 10.3. The molecule has 1 aromatic heterocycles. The minimum Gasteiger partial charge on any atom is -0.273 e. The molecule has 33 heavy (non-hydrogen) atoms. The number of carbonyl (C=O) groups is 2. The van der Waals surface area contributed by atoms with Gasteiger partial charge in [-0.25, -0.2) is 8.95 Å². The number of fused-ring (bicyclic) bond motifs is 1. The van der Waals surface area contributed by atoms with E-state index in [1.807, 2.05) is 25.1 Å². The highest BCUT2D eigenvalue weighted by Crippen LogP contribution is 2.19. The molecule has 0 saturated carbocycles. The van der Waals surface area contributed by atoms with Gasteiger partial charge in [-0.1, -0.05) is 103 Å². The summed E-state index contributed by atoms with van der Waals surface area (Å²) >= 11 is 1.33. The second kappa shape index (κ2) is 16.0. The van der Waals surface area contributed by atoms with Gasteiger partial charge in [-0.3, -0.25) is 9.59 Å². The Hall–Kier alpha value is -1.75. The van der Waals surface area contributed by atoms with Crippen molar-refractivity contribution in [2.75, 3.05) is 0 Å². The van der Waals surface area contributed by atoms with E-state index in [1.54, 1.807) is 3.96 Å². The van der Waals surface area contributed by atoms with E-state index in [0.29, 0.717) is 17.5 Å². The second-order valence-electron chi connectivity index (χ2n) is 9.35. The van der Waals surface area contributed by atoms with Crippen LogP contribution in [0.2, 0.25) is 0 Å². The Balaban J connectivity index is 1.96. The zero-order chi connectivity index (χ0) is 23.9. The normalized spacial score (nSPS) is 12.0. The molecule has 0 N–H and O–H groups in total. The van der Waals surface area contributed by atoms with Gasteiger partial charge in [-0.05, 0) is 43.4 Å². The fourth-order valence-electron chi connectivity index (χ4n) is 4.19. The topological polar surface area (TPSA) is 51.4 Å². The molecule has 0 fully saturated rings. The van der Waals surface area contributed by atoms with Crippen molar-refractivity contribution in [1.82, 2.24) is 3.96 Å². The van der Waals surface area contributed by atoms with Crippen LogP contribution in [-0.2, 0) is 4.79 Å². The molecule has 0 spiro atoms. The van der Waals surface area contributed by atoms with Crippen molar-refractivity contribution in [1.29, 1.82) is 0 Å². The van der Waals surface area contributed by atoms with Gasteiger partial charge in [-0.15, -0.1) is 0 Å². The molecule has 1 aromatic carbocycles. The first-order chi connectivity index (χ1) is 16.1. The lowest BCUT2D eigenvalue weighted by Crippen LogP contribution is -2.07. The van der Waals surface area contributed by atoms with Crippen molar-refractivity contribution in [3.63, 3.8) is 0 Å². The lowest BCUT2D eigenvalue weighted by Gasteiger charge is -2.03. The van der Waals surface area contributed by atoms with Crippen LogP contribution < -0.4 is 4.67 Å². The summed E-state index contributed by atoms with van der Waals surface area (Å²) in [5.74, 6) is 0.0447. The molecule has 0 bridgehead atoms. The van der Waals surface area contributed by atoms with E-state index in [2.05, 4.69) is 18.8 Å². The predicted octanol–water partition coefficient (Wildman–Crippen LogP) is 8.36. The summed E-state index contributed by atoms with van der Waals surface area (Å²) in [5, 5.41) is 0.917. The first-order valence-corrected chi connectivity index (χ1v) is 14.1. The number of nitrogens with zero attached hydrogens (tertiary/aromatic N) is 2. The van der Waals surface area contributed by atoms with E-state index in [1.165, 1.54) is 75.7 Å². The van der Waals surface area contributed by atoms with Crippen LogP contribution in [0.1, 0.15) is 127 Å². The Kier molecular flexibility index (Phi) is 13.3. The standard InChI is InChI=1S/C28H44N2O2S/c1-4-6-8-10-12-14-16-18-26(31)29-28-24-22-23(3)20-21-25(24)30(33-28)27(32)19-17-15-13-11-9-7-5-2/h20-22H,4-19H2,1-3H3. The Labute approximate surface area is 204 Å². The number of carbonyl (C=O) groups excluding carboxylic acids is 2. The molecule has 184 valence electrons. The molecule has 1 amide bonds. The smallest absolute Gasteiger partial charge is 0.247 e. The van der Waals surface area contributed by atoms with Crippen LogP contribution in [0.4, 0.5) is 0 Å². The maximum Gasteiger partial charge on any atom is 0.247 e. The van der Waals surface area contributed by atoms with Gasteiger partial charge in [0.15, 0.2) is 0 Å². The van der Waals surface area contributed by atoms with Crippen LogP contribution in [0, 0.1) is 6.92 Å². The Morgan fingerprint density at radius 2 is 1.33 bits per heavy atom. The molecule has 0 aliphatic heterocycles. The number of amides is 1. The van der Waals surface area contributed by atoms with Crippen molar-refractivity contribution in [3.05, 3.63) is 28.4 Å². The molecule has 5 heteroatoms. The largest absolute Gasteiger partial charge is 0.273 e. The van der Waals surface area contributed by atoms with Gasteiger partial charge < -0.3 is 0 Å². The third-order valence-corrected chi connectivity index (χ3v) is 7.29. The van der Waals surface area contributed by atoms with E-state index in [-0.39, 0.29) is 11.8 Å². The minimum absolute atomic E-state index is 0.0695. The quantitative estimate of drug-likeness (QED) is 0.230. The third kappa shape index (κ3) is 9.95. The fourth-order valence-corrected chi connectivity index (χ4v) is 5.21. The maximum atomic E-state index is 12.9. The summed E-state index contributed by atoms with van der Waals surface area (Å²) in [4.78, 5) is 29.9. The van der Waals surface area contributed by atoms with Gasteiger partial charge >= 0.3 is 0 Å². The summed E-state index contributed by atoms with van der Waals surface area (Å²) in [6.07, 6.45) is 17.7. The van der Waals surface area contributed by atoms with Gasteiger partial charge in [0.05, 0.1) is 5.52 Å². The van der Waals surface area contributed by atoms with Crippen LogP contribution in [0.25, 0.3) is 10.9 Å². The Bertz CT molecular complexity index is 926. The lowest BCUT2D eigenvalue weighted by molar-refractivity contribution is -0.118. The number of rotatable bonds is 16. The van der Waals surface area contributed by atoms with Gasteiger partial charge in [0.1, 0.15) is 4.67 Å². The molecule has 0 aliphatic rings. The highest BCUT2D eigenvalue weighted by Gasteiger charge is 2.13. The van der Waals surface area contributed by atoms with E-state index in [4.69, 9.17) is 0 Å². The number of aryl methyl sites for hydroxylation is 1. The maximum absolute atomic E-state index is 12.9. The summed E-state index contributed by atoms with van der Waals surface area (Å²) in [6, 6.07) is 6.06. The van der Waals surface area contributed by atoms with E-state index < -0.39 is 0 Å². The average molecular weight is 473 g/mol. The number of aromatic nitrogens is 1. The zero-order valence-corrected chi connectivity index (χ0v) is 22.0. The van der Waals surface area contributed by atoms with Crippen molar-refractivity contribution < 1.29 is 9.59 Å².